The molecule has 0 saturated carbocycles. The molecule has 1 aromatic carbocycles. The summed E-state index contributed by atoms with van der Waals surface area (Å²) in [7, 11) is 1.35. The summed E-state index contributed by atoms with van der Waals surface area (Å²) < 4.78 is 16.2. The second kappa shape index (κ2) is 7.66. The van der Waals surface area contributed by atoms with Crippen LogP contribution >= 0.6 is 11.3 Å². The predicted molar refractivity (Wildman–Crippen MR) is 104 cm³/mol. The first-order chi connectivity index (χ1) is 13.6. The Morgan fingerprint density at radius 1 is 1.29 bits per heavy atom. The number of aromatic nitrogens is 1. The molecule has 0 fully saturated rings. The number of allylic oxidation sites excluding steroid dienone is 1. The molecule has 1 aliphatic rings. The number of rotatable bonds is 5. The standard InChI is InChI=1S/C21H15NO5S/c1-25-21(24)19-8-14(12-28-19)11-26-15-4-5-16-17(9-15)27-18(20(16)23)7-13-3-2-6-22-10-13/h2-10,12H,11H2,1H3. The summed E-state index contributed by atoms with van der Waals surface area (Å²) in [6.45, 7) is 0.290. The summed E-state index contributed by atoms with van der Waals surface area (Å²) in [5.41, 5.74) is 2.14. The zero-order valence-corrected chi connectivity index (χ0v) is 15.7. The van der Waals surface area contributed by atoms with Crippen LogP contribution in [-0.2, 0) is 11.3 Å². The van der Waals surface area contributed by atoms with Gasteiger partial charge in [0, 0.05) is 24.0 Å². The second-order valence-corrected chi connectivity index (χ2v) is 6.89. The van der Waals surface area contributed by atoms with E-state index in [4.69, 9.17) is 14.2 Å². The van der Waals surface area contributed by atoms with Gasteiger partial charge in [0.25, 0.3) is 0 Å². The van der Waals surface area contributed by atoms with Gasteiger partial charge in [-0.3, -0.25) is 9.78 Å². The van der Waals surface area contributed by atoms with Crippen LogP contribution in [0.2, 0.25) is 0 Å². The number of methoxy groups -OCH3 is 1. The van der Waals surface area contributed by atoms with Crippen molar-refractivity contribution >= 4 is 29.2 Å². The molecule has 0 atom stereocenters. The maximum Gasteiger partial charge on any atom is 0.348 e. The van der Waals surface area contributed by atoms with Gasteiger partial charge in [0.15, 0.2) is 5.76 Å². The third-order valence-electron chi connectivity index (χ3n) is 4.07. The molecule has 28 heavy (non-hydrogen) atoms. The number of Topliss-reactive ketones (excluding diaryl/α,β-unsaturated/α-hetero) is 1. The lowest BCUT2D eigenvalue weighted by molar-refractivity contribution is 0.0606. The van der Waals surface area contributed by atoms with Crippen molar-refractivity contribution in [2.75, 3.05) is 7.11 Å². The highest BCUT2D eigenvalue weighted by Crippen LogP contribution is 2.35. The number of hydrogen-bond acceptors (Lipinski definition) is 7. The number of ether oxygens (including phenoxy) is 3. The first-order valence-corrected chi connectivity index (χ1v) is 9.29. The summed E-state index contributed by atoms with van der Waals surface area (Å²) in [6.07, 6.45) is 4.99. The number of ketones is 1. The van der Waals surface area contributed by atoms with E-state index in [0.29, 0.717) is 28.5 Å². The van der Waals surface area contributed by atoms with E-state index < -0.39 is 0 Å². The van der Waals surface area contributed by atoms with Crippen LogP contribution in [0.1, 0.15) is 31.2 Å². The fraction of sp³-hybridized carbons (Fsp3) is 0.0952. The highest BCUT2D eigenvalue weighted by atomic mass is 32.1. The summed E-state index contributed by atoms with van der Waals surface area (Å²) in [5, 5.41) is 1.84. The van der Waals surface area contributed by atoms with E-state index in [1.807, 2.05) is 11.4 Å². The van der Waals surface area contributed by atoms with Crippen LogP contribution < -0.4 is 9.47 Å². The molecule has 0 N–H and O–H groups in total. The van der Waals surface area contributed by atoms with E-state index in [1.54, 1.807) is 48.8 Å². The van der Waals surface area contributed by atoms with Crippen LogP contribution in [0, 0.1) is 0 Å². The number of hydrogen-bond donors (Lipinski definition) is 0. The Hall–Kier alpha value is -3.45. The molecule has 0 amide bonds. The SMILES string of the molecule is COC(=O)c1cc(COc2ccc3c(c2)OC(=Cc2cccnc2)C3=O)cs1. The predicted octanol–water partition coefficient (Wildman–Crippen LogP) is 4.12. The molecule has 3 heterocycles. The highest BCUT2D eigenvalue weighted by Gasteiger charge is 2.27. The van der Waals surface area contributed by atoms with Gasteiger partial charge in [-0.2, -0.15) is 0 Å². The number of carbonyl (C=O) groups excluding carboxylic acids is 2. The normalized spacial score (nSPS) is 13.9. The number of carbonyl (C=O) groups is 2. The molecule has 0 unspecified atom stereocenters. The maximum absolute atomic E-state index is 12.5. The van der Waals surface area contributed by atoms with Gasteiger partial charge in [-0.25, -0.2) is 4.79 Å². The van der Waals surface area contributed by atoms with Crippen molar-refractivity contribution in [2.45, 2.75) is 6.61 Å². The van der Waals surface area contributed by atoms with Gasteiger partial charge in [0.2, 0.25) is 5.78 Å². The van der Waals surface area contributed by atoms with Gasteiger partial charge in [-0.15, -0.1) is 11.3 Å². The number of thiophene rings is 1. The lowest BCUT2D eigenvalue weighted by Crippen LogP contribution is -1.98. The number of benzene rings is 1. The van der Waals surface area contributed by atoms with E-state index >= 15 is 0 Å². The number of pyridine rings is 1. The molecule has 3 aromatic rings. The van der Waals surface area contributed by atoms with Crippen molar-refractivity contribution in [3.8, 4) is 11.5 Å². The van der Waals surface area contributed by atoms with E-state index in [0.717, 1.165) is 11.1 Å². The number of esters is 1. The average molecular weight is 393 g/mol. The van der Waals surface area contributed by atoms with Crippen molar-refractivity contribution in [3.05, 3.63) is 81.5 Å². The molecule has 0 saturated heterocycles. The largest absolute Gasteiger partial charge is 0.489 e. The monoisotopic (exact) mass is 393 g/mol. The summed E-state index contributed by atoms with van der Waals surface area (Å²) in [6, 6.07) is 10.5. The van der Waals surface area contributed by atoms with Gasteiger partial charge < -0.3 is 14.2 Å². The Morgan fingerprint density at radius 3 is 2.96 bits per heavy atom. The van der Waals surface area contributed by atoms with E-state index in [2.05, 4.69) is 4.98 Å². The van der Waals surface area contributed by atoms with Gasteiger partial charge >= 0.3 is 5.97 Å². The van der Waals surface area contributed by atoms with E-state index in [9.17, 15) is 9.59 Å². The minimum atomic E-state index is -0.367. The third-order valence-corrected chi connectivity index (χ3v) is 5.03. The molecule has 0 radical (unpaired) electrons. The van der Waals surface area contributed by atoms with E-state index in [1.165, 1.54) is 18.4 Å². The molecular formula is C21H15NO5S. The smallest absolute Gasteiger partial charge is 0.348 e. The molecule has 140 valence electrons. The van der Waals surface area contributed by atoms with Crippen LogP contribution in [0.15, 0.2) is 59.9 Å². The van der Waals surface area contributed by atoms with E-state index in [-0.39, 0.29) is 17.5 Å². The van der Waals surface area contributed by atoms with Crippen molar-refractivity contribution in [3.63, 3.8) is 0 Å². The Morgan fingerprint density at radius 2 is 2.18 bits per heavy atom. The van der Waals surface area contributed by atoms with Gasteiger partial charge in [0.05, 0.1) is 12.7 Å². The molecule has 7 heteroatoms. The number of nitrogens with zero attached hydrogens (tertiary/aromatic N) is 1. The van der Waals surface area contributed by atoms with Crippen LogP contribution in [0.25, 0.3) is 6.08 Å². The molecule has 6 nitrogen and oxygen atoms in total. The van der Waals surface area contributed by atoms with Gasteiger partial charge in [-0.05, 0) is 41.3 Å². The lowest BCUT2D eigenvalue weighted by Gasteiger charge is -2.06. The Labute approximate surface area is 165 Å². The minimum Gasteiger partial charge on any atom is -0.489 e. The topological polar surface area (TPSA) is 74.7 Å². The number of fused-ring (bicyclic) bond motifs is 1. The van der Waals surface area contributed by atoms with Crippen LogP contribution in [0.3, 0.4) is 0 Å². The quantitative estimate of drug-likeness (QED) is 0.479. The molecule has 0 bridgehead atoms. The zero-order valence-electron chi connectivity index (χ0n) is 14.9. The maximum atomic E-state index is 12.5. The Bertz CT molecular complexity index is 1070. The van der Waals surface area contributed by atoms with Crippen molar-refractivity contribution < 1.29 is 23.8 Å². The summed E-state index contributed by atoms with van der Waals surface area (Å²) >= 11 is 1.30. The minimum absolute atomic E-state index is 0.175. The fourth-order valence-electron chi connectivity index (χ4n) is 2.70. The highest BCUT2D eigenvalue weighted by molar-refractivity contribution is 7.12. The van der Waals surface area contributed by atoms with Crippen molar-refractivity contribution in [1.82, 2.24) is 4.98 Å². The van der Waals surface area contributed by atoms with Crippen LogP contribution in [0.5, 0.6) is 11.5 Å². The van der Waals surface area contributed by atoms with Crippen LogP contribution in [-0.4, -0.2) is 23.8 Å². The molecular weight excluding hydrogens is 378 g/mol. The molecule has 0 spiro atoms. The van der Waals surface area contributed by atoms with Gasteiger partial charge in [0.1, 0.15) is 23.0 Å². The summed E-state index contributed by atoms with van der Waals surface area (Å²) in [4.78, 5) is 28.6. The Balaban J connectivity index is 1.47. The third kappa shape index (κ3) is 3.65. The molecule has 1 aliphatic heterocycles. The Kier molecular flexibility index (Phi) is 4.90. The second-order valence-electron chi connectivity index (χ2n) is 5.98. The van der Waals surface area contributed by atoms with Crippen molar-refractivity contribution in [1.29, 1.82) is 0 Å². The summed E-state index contributed by atoms with van der Waals surface area (Å²) in [5.74, 6) is 0.735. The lowest BCUT2D eigenvalue weighted by atomic mass is 10.1. The first-order valence-electron chi connectivity index (χ1n) is 8.41. The molecule has 4 rings (SSSR count). The average Bonchev–Trinajstić information content (AvgIpc) is 3.32. The molecule has 2 aromatic heterocycles. The zero-order chi connectivity index (χ0) is 19.5. The van der Waals surface area contributed by atoms with Crippen molar-refractivity contribution in [2.24, 2.45) is 0 Å². The van der Waals surface area contributed by atoms with Gasteiger partial charge in [-0.1, -0.05) is 6.07 Å². The fourth-order valence-corrected chi connectivity index (χ4v) is 3.51. The van der Waals surface area contributed by atoms with Crippen LogP contribution in [0.4, 0.5) is 0 Å². The first kappa shape index (κ1) is 17.9. The molecule has 0 aliphatic carbocycles.